The monoisotopic (exact) mass is 302 g/mol. The molecule has 1 aliphatic carbocycles. The summed E-state index contributed by atoms with van der Waals surface area (Å²) in [6.45, 7) is 0. The first-order valence-corrected chi connectivity index (χ1v) is 8.44. The molecule has 0 radical (unpaired) electrons. The lowest BCUT2D eigenvalue weighted by atomic mass is 10.1. The Labute approximate surface area is 125 Å². The van der Waals surface area contributed by atoms with Gasteiger partial charge in [-0.1, -0.05) is 24.3 Å². The molecule has 0 saturated heterocycles. The first kappa shape index (κ1) is 14.1. The fourth-order valence-corrected chi connectivity index (χ4v) is 3.97. The van der Waals surface area contributed by atoms with E-state index < -0.39 is 10.0 Å². The molecule has 0 aromatic heterocycles. The quantitative estimate of drug-likeness (QED) is 0.910. The fourth-order valence-electron chi connectivity index (χ4n) is 2.73. The maximum absolute atomic E-state index is 12.4. The van der Waals surface area contributed by atoms with E-state index in [1.54, 1.807) is 31.3 Å². The van der Waals surface area contributed by atoms with E-state index >= 15 is 0 Å². The normalized spacial score (nSPS) is 14.9. The van der Waals surface area contributed by atoms with E-state index in [2.05, 4.69) is 22.2 Å². The van der Waals surface area contributed by atoms with Crippen molar-refractivity contribution in [3.63, 3.8) is 0 Å². The molecule has 0 bridgehead atoms. The number of hydrogen-bond acceptors (Lipinski definition) is 3. The number of sulfonamides is 1. The molecule has 0 spiro atoms. The van der Waals surface area contributed by atoms with Crippen molar-refractivity contribution in [3.05, 3.63) is 59.7 Å². The van der Waals surface area contributed by atoms with Gasteiger partial charge in [0.1, 0.15) is 0 Å². The van der Waals surface area contributed by atoms with Gasteiger partial charge in [-0.3, -0.25) is 0 Å². The molecule has 2 aromatic rings. The van der Waals surface area contributed by atoms with Gasteiger partial charge in [0.05, 0.1) is 4.90 Å². The maximum atomic E-state index is 12.4. The van der Waals surface area contributed by atoms with E-state index in [9.17, 15) is 8.42 Å². The van der Waals surface area contributed by atoms with Crippen molar-refractivity contribution in [1.29, 1.82) is 0 Å². The van der Waals surface area contributed by atoms with Crippen molar-refractivity contribution < 1.29 is 8.42 Å². The highest BCUT2D eigenvalue weighted by Gasteiger charge is 2.26. The van der Waals surface area contributed by atoms with Gasteiger partial charge in [-0.05, 0) is 48.2 Å². The van der Waals surface area contributed by atoms with Gasteiger partial charge in [0.25, 0.3) is 0 Å². The summed E-state index contributed by atoms with van der Waals surface area (Å²) in [4.78, 5) is 0.303. The molecule has 5 heteroatoms. The first-order chi connectivity index (χ1) is 10.1. The topological polar surface area (TPSA) is 58.2 Å². The Morgan fingerprint density at radius 2 is 1.52 bits per heavy atom. The zero-order valence-corrected chi connectivity index (χ0v) is 12.7. The molecule has 0 saturated carbocycles. The molecule has 1 aliphatic rings. The van der Waals surface area contributed by atoms with Gasteiger partial charge in [0.2, 0.25) is 10.0 Å². The molecule has 0 heterocycles. The molecule has 2 aromatic carbocycles. The maximum Gasteiger partial charge on any atom is 0.240 e. The molecule has 0 unspecified atom stereocenters. The van der Waals surface area contributed by atoms with Crippen LogP contribution in [0.4, 0.5) is 5.69 Å². The third-order valence-corrected chi connectivity index (χ3v) is 5.36. The molecule has 21 heavy (non-hydrogen) atoms. The molecular formula is C16H18N2O2S. The Balaban J connectivity index is 1.75. The first-order valence-electron chi connectivity index (χ1n) is 6.95. The van der Waals surface area contributed by atoms with Crippen LogP contribution in [0.15, 0.2) is 53.4 Å². The van der Waals surface area contributed by atoms with Gasteiger partial charge in [0, 0.05) is 18.8 Å². The molecular weight excluding hydrogens is 284 g/mol. The molecule has 0 fully saturated rings. The zero-order chi connectivity index (χ0) is 14.9. The summed E-state index contributed by atoms with van der Waals surface area (Å²) in [5, 5.41) is 2.98. The van der Waals surface area contributed by atoms with E-state index in [1.807, 2.05) is 12.1 Å². The summed E-state index contributed by atoms with van der Waals surface area (Å²) in [5.74, 6) is 0. The van der Waals surface area contributed by atoms with Crippen LogP contribution in [0.3, 0.4) is 0 Å². The molecule has 4 nitrogen and oxygen atoms in total. The van der Waals surface area contributed by atoms with E-state index in [0.29, 0.717) is 4.90 Å². The predicted molar refractivity (Wildman–Crippen MR) is 83.9 cm³/mol. The van der Waals surface area contributed by atoms with Crippen LogP contribution >= 0.6 is 0 Å². The third kappa shape index (κ3) is 2.94. The molecule has 3 rings (SSSR count). The smallest absolute Gasteiger partial charge is 0.240 e. The summed E-state index contributed by atoms with van der Waals surface area (Å²) in [5.41, 5.74) is 3.36. The number of nitrogens with one attached hydrogen (secondary N) is 2. The van der Waals surface area contributed by atoms with Crippen molar-refractivity contribution in [3.8, 4) is 0 Å². The van der Waals surface area contributed by atoms with Crippen molar-refractivity contribution in [2.75, 3.05) is 12.4 Å². The number of fused-ring (bicyclic) bond motifs is 1. The second kappa shape index (κ2) is 5.50. The van der Waals surface area contributed by atoms with Gasteiger partial charge in [0.15, 0.2) is 0 Å². The molecule has 2 N–H and O–H groups in total. The molecule has 110 valence electrons. The van der Waals surface area contributed by atoms with Crippen LogP contribution in [-0.2, 0) is 22.9 Å². The van der Waals surface area contributed by atoms with Crippen molar-refractivity contribution >= 4 is 15.7 Å². The summed E-state index contributed by atoms with van der Waals surface area (Å²) >= 11 is 0. The van der Waals surface area contributed by atoms with Gasteiger partial charge in [-0.25, -0.2) is 13.1 Å². The largest absolute Gasteiger partial charge is 0.388 e. The average Bonchev–Trinajstić information content (AvgIpc) is 2.88. The Morgan fingerprint density at radius 1 is 0.952 bits per heavy atom. The van der Waals surface area contributed by atoms with E-state index in [1.165, 1.54) is 11.1 Å². The summed E-state index contributed by atoms with van der Waals surface area (Å²) in [6, 6.07) is 14.8. The van der Waals surface area contributed by atoms with Crippen molar-refractivity contribution in [2.45, 2.75) is 23.8 Å². The van der Waals surface area contributed by atoms with Crippen LogP contribution < -0.4 is 10.0 Å². The minimum Gasteiger partial charge on any atom is -0.388 e. The highest BCUT2D eigenvalue weighted by atomic mass is 32.2. The third-order valence-electron chi connectivity index (χ3n) is 3.83. The van der Waals surface area contributed by atoms with Crippen LogP contribution in [0.1, 0.15) is 11.1 Å². The highest BCUT2D eigenvalue weighted by molar-refractivity contribution is 7.89. The summed E-state index contributed by atoms with van der Waals surface area (Å²) < 4.78 is 27.6. The zero-order valence-electron chi connectivity index (χ0n) is 11.8. The minimum atomic E-state index is -3.46. The van der Waals surface area contributed by atoms with Crippen molar-refractivity contribution in [2.24, 2.45) is 0 Å². The highest BCUT2D eigenvalue weighted by Crippen LogP contribution is 2.23. The number of rotatable bonds is 4. The predicted octanol–water partition coefficient (Wildman–Crippen LogP) is 2.17. The van der Waals surface area contributed by atoms with E-state index in [4.69, 9.17) is 0 Å². The van der Waals surface area contributed by atoms with Crippen LogP contribution in [-0.4, -0.2) is 21.5 Å². The lowest BCUT2D eigenvalue weighted by molar-refractivity contribution is 0.555. The van der Waals surface area contributed by atoms with E-state index in [-0.39, 0.29) is 6.04 Å². The number of anilines is 1. The Kier molecular flexibility index (Phi) is 3.69. The SMILES string of the molecule is CNc1ccc(S(=O)(=O)NC2Cc3ccccc3C2)cc1. The van der Waals surface area contributed by atoms with E-state index in [0.717, 1.165) is 18.5 Å². The van der Waals surface area contributed by atoms with Gasteiger partial charge < -0.3 is 5.32 Å². The minimum absolute atomic E-state index is 0.0589. The van der Waals surface area contributed by atoms with Crippen LogP contribution in [0.5, 0.6) is 0 Å². The Morgan fingerprint density at radius 3 is 2.05 bits per heavy atom. The molecule has 0 aliphatic heterocycles. The average molecular weight is 302 g/mol. The molecule has 0 amide bonds. The summed E-state index contributed by atoms with van der Waals surface area (Å²) in [7, 11) is -1.66. The summed E-state index contributed by atoms with van der Waals surface area (Å²) in [6.07, 6.45) is 1.51. The lowest BCUT2D eigenvalue weighted by Gasteiger charge is -2.13. The number of benzene rings is 2. The lowest BCUT2D eigenvalue weighted by Crippen LogP contribution is -2.35. The van der Waals surface area contributed by atoms with Crippen LogP contribution in [0, 0.1) is 0 Å². The Bertz CT molecular complexity index is 714. The van der Waals surface area contributed by atoms with Gasteiger partial charge >= 0.3 is 0 Å². The van der Waals surface area contributed by atoms with Gasteiger partial charge in [-0.15, -0.1) is 0 Å². The van der Waals surface area contributed by atoms with Crippen LogP contribution in [0.25, 0.3) is 0 Å². The molecule has 0 atom stereocenters. The fraction of sp³-hybridized carbons (Fsp3) is 0.250. The Hall–Kier alpha value is -1.85. The van der Waals surface area contributed by atoms with Crippen LogP contribution in [0.2, 0.25) is 0 Å². The standard InChI is InChI=1S/C16H18N2O2S/c1-17-14-6-8-16(9-7-14)21(19,20)18-15-10-12-4-2-3-5-13(12)11-15/h2-9,15,17-18H,10-11H2,1H3. The van der Waals surface area contributed by atoms with Crippen molar-refractivity contribution in [1.82, 2.24) is 4.72 Å². The number of hydrogen-bond donors (Lipinski definition) is 2. The van der Waals surface area contributed by atoms with Gasteiger partial charge in [-0.2, -0.15) is 0 Å². The second-order valence-corrected chi connectivity index (χ2v) is 6.98. The second-order valence-electron chi connectivity index (χ2n) is 5.27.